The lowest BCUT2D eigenvalue weighted by molar-refractivity contribution is -0.129. The molecule has 2 amide bonds. The van der Waals surface area contributed by atoms with Crippen molar-refractivity contribution in [3.63, 3.8) is 0 Å². The van der Waals surface area contributed by atoms with Crippen molar-refractivity contribution < 1.29 is 14.0 Å². The maximum atomic E-state index is 15.1. The van der Waals surface area contributed by atoms with Crippen molar-refractivity contribution in [3.8, 4) is 0 Å². The molecule has 1 aromatic heterocycles. The molecule has 2 aliphatic heterocycles. The number of carbonyl (C=O) groups excluding carboxylic acids is 2. The van der Waals surface area contributed by atoms with Crippen LogP contribution in [0.25, 0.3) is 10.9 Å². The van der Waals surface area contributed by atoms with E-state index in [4.69, 9.17) is 11.5 Å². The molecule has 0 unspecified atom stereocenters. The molecule has 1 atom stereocenters. The summed E-state index contributed by atoms with van der Waals surface area (Å²) in [5, 5.41) is 3.20. The van der Waals surface area contributed by atoms with Gasteiger partial charge in [0.1, 0.15) is 5.56 Å². The summed E-state index contributed by atoms with van der Waals surface area (Å²) in [5.74, 6) is -1.50. The van der Waals surface area contributed by atoms with Gasteiger partial charge in [-0.05, 0) is 38.7 Å². The van der Waals surface area contributed by atoms with Crippen LogP contribution in [0.15, 0.2) is 10.9 Å². The van der Waals surface area contributed by atoms with Crippen LogP contribution < -0.4 is 22.2 Å². The first kappa shape index (κ1) is 20.2. The minimum Gasteiger partial charge on any atom is -0.396 e. The maximum absolute atomic E-state index is 15.1. The molecule has 2 aliphatic rings. The molecule has 8 nitrogen and oxygen atoms in total. The third kappa shape index (κ3) is 3.09. The molecule has 0 radical (unpaired) electrons. The second-order valence-electron chi connectivity index (χ2n) is 8.24. The Bertz CT molecular complexity index is 1120. The van der Waals surface area contributed by atoms with Gasteiger partial charge in [-0.1, -0.05) is 0 Å². The molecule has 5 N–H and O–H groups in total. The number of aromatic nitrogens is 1. The molecule has 9 heteroatoms. The van der Waals surface area contributed by atoms with E-state index in [1.54, 1.807) is 11.0 Å². The molecule has 1 fully saturated rings. The third-order valence-corrected chi connectivity index (χ3v) is 6.36. The predicted octanol–water partition coefficient (Wildman–Crippen LogP) is 1.75. The van der Waals surface area contributed by atoms with Crippen molar-refractivity contribution in [1.29, 1.82) is 0 Å². The molecule has 0 bridgehead atoms. The number of nitrogens with zero attached hydrogens (tertiary/aromatic N) is 2. The molecule has 0 aliphatic carbocycles. The standard InChI is InChI=1S/C21H26FN5O3/c1-10-3-4-14-17(21(24)30)20(29)16-15(27(10)14)9-13(18(22)19(16)23)25-12-5-7-26(8-6-12)11(2)28/h9-10,12,25H,3-8,23H2,1-2H3,(H2,24,30)/t10-/m1/s1. The Morgan fingerprint density at radius 3 is 2.50 bits per heavy atom. The van der Waals surface area contributed by atoms with Crippen molar-refractivity contribution in [2.24, 2.45) is 5.73 Å². The van der Waals surface area contributed by atoms with Crippen LogP contribution in [0.3, 0.4) is 0 Å². The zero-order valence-electron chi connectivity index (χ0n) is 17.1. The number of rotatable bonds is 3. The highest BCUT2D eigenvalue weighted by Crippen LogP contribution is 2.36. The average Bonchev–Trinajstić information content (AvgIpc) is 3.07. The Kier molecular flexibility index (Phi) is 4.91. The van der Waals surface area contributed by atoms with E-state index in [9.17, 15) is 14.4 Å². The quantitative estimate of drug-likeness (QED) is 0.659. The van der Waals surface area contributed by atoms with Gasteiger partial charge in [-0.25, -0.2) is 4.39 Å². The summed E-state index contributed by atoms with van der Waals surface area (Å²) < 4.78 is 17.0. The van der Waals surface area contributed by atoms with E-state index in [0.29, 0.717) is 43.6 Å². The van der Waals surface area contributed by atoms with Gasteiger partial charge in [-0.2, -0.15) is 0 Å². The average molecular weight is 415 g/mol. The van der Waals surface area contributed by atoms with E-state index in [1.165, 1.54) is 6.92 Å². The second kappa shape index (κ2) is 7.30. The van der Waals surface area contributed by atoms with E-state index in [0.717, 1.165) is 6.42 Å². The summed E-state index contributed by atoms with van der Waals surface area (Å²) >= 11 is 0. The molecule has 1 aromatic carbocycles. The number of fused-ring (bicyclic) bond motifs is 3. The molecule has 3 heterocycles. The van der Waals surface area contributed by atoms with Crippen LogP contribution in [0.4, 0.5) is 15.8 Å². The van der Waals surface area contributed by atoms with Gasteiger partial charge >= 0.3 is 0 Å². The van der Waals surface area contributed by atoms with Gasteiger partial charge in [0, 0.05) is 37.8 Å². The molecular weight excluding hydrogens is 389 g/mol. The molecule has 2 aromatic rings. The Labute approximate surface area is 173 Å². The lowest BCUT2D eigenvalue weighted by Crippen LogP contribution is -2.41. The van der Waals surface area contributed by atoms with Crippen LogP contribution in [0.5, 0.6) is 0 Å². The summed E-state index contributed by atoms with van der Waals surface area (Å²) in [4.78, 5) is 38.2. The van der Waals surface area contributed by atoms with E-state index < -0.39 is 17.2 Å². The number of nitrogens with two attached hydrogens (primary N) is 2. The SMILES string of the molecule is CC(=O)N1CCC(Nc2cc3c(c(N)c2F)c(=O)c(C(N)=O)c2n3[C@H](C)CC2)CC1. The number of anilines is 2. The van der Waals surface area contributed by atoms with Gasteiger partial charge in [0.15, 0.2) is 5.82 Å². The van der Waals surface area contributed by atoms with E-state index in [2.05, 4.69) is 5.32 Å². The number of likely N-dealkylation sites (tertiary alicyclic amines) is 1. The van der Waals surface area contributed by atoms with Crippen molar-refractivity contribution in [3.05, 3.63) is 33.4 Å². The van der Waals surface area contributed by atoms with Gasteiger partial charge in [0.25, 0.3) is 5.91 Å². The lowest BCUT2D eigenvalue weighted by Gasteiger charge is -2.32. The third-order valence-electron chi connectivity index (χ3n) is 6.36. The zero-order chi connectivity index (χ0) is 21.7. The smallest absolute Gasteiger partial charge is 0.254 e. The number of hydrogen-bond donors (Lipinski definition) is 3. The van der Waals surface area contributed by atoms with Gasteiger partial charge in [0.05, 0.1) is 22.3 Å². The van der Waals surface area contributed by atoms with Gasteiger partial charge in [-0.15, -0.1) is 0 Å². The van der Waals surface area contributed by atoms with Crippen molar-refractivity contribution in [2.75, 3.05) is 24.1 Å². The second-order valence-corrected chi connectivity index (χ2v) is 8.24. The van der Waals surface area contributed by atoms with Gasteiger partial charge in [0.2, 0.25) is 11.3 Å². The van der Waals surface area contributed by atoms with Crippen LogP contribution in [0.1, 0.15) is 55.2 Å². The first-order chi connectivity index (χ1) is 14.2. The summed E-state index contributed by atoms with van der Waals surface area (Å²) in [6.07, 6.45) is 2.68. The number of carbonyl (C=O) groups is 2. The number of pyridine rings is 1. The van der Waals surface area contributed by atoms with Crippen molar-refractivity contribution in [2.45, 2.75) is 51.6 Å². The Balaban J connectivity index is 1.81. The monoisotopic (exact) mass is 415 g/mol. The molecule has 0 saturated carbocycles. The van der Waals surface area contributed by atoms with Gasteiger partial charge < -0.3 is 26.3 Å². The van der Waals surface area contributed by atoms with Crippen LogP contribution in [-0.4, -0.2) is 40.4 Å². The Morgan fingerprint density at radius 2 is 1.90 bits per heavy atom. The molecule has 0 spiro atoms. The summed E-state index contributed by atoms with van der Waals surface area (Å²) in [7, 11) is 0. The van der Waals surface area contributed by atoms with Gasteiger partial charge in [-0.3, -0.25) is 14.4 Å². The fraction of sp³-hybridized carbons (Fsp3) is 0.476. The number of nitrogens with one attached hydrogen (secondary N) is 1. The molecule has 4 rings (SSSR count). The van der Waals surface area contributed by atoms with Crippen molar-refractivity contribution in [1.82, 2.24) is 9.47 Å². The number of primary amides is 1. The Hall–Kier alpha value is -3.10. The Morgan fingerprint density at radius 1 is 1.23 bits per heavy atom. The number of amides is 2. The minimum absolute atomic E-state index is 0.00394. The first-order valence-corrected chi connectivity index (χ1v) is 10.2. The number of piperidine rings is 1. The number of benzene rings is 1. The van der Waals surface area contributed by atoms with Crippen LogP contribution in [0, 0.1) is 5.82 Å². The van der Waals surface area contributed by atoms with E-state index in [-0.39, 0.29) is 40.3 Å². The summed E-state index contributed by atoms with van der Waals surface area (Å²) in [6, 6.07) is 1.62. The zero-order valence-corrected chi connectivity index (χ0v) is 17.1. The summed E-state index contributed by atoms with van der Waals surface area (Å²) in [5.41, 5.74) is 11.8. The fourth-order valence-corrected chi connectivity index (χ4v) is 4.76. The molecule has 160 valence electrons. The maximum Gasteiger partial charge on any atom is 0.254 e. The van der Waals surface area contributed by atoms with E-state index >= 15 is 4.39 Å². The van der Waals surface area contributed by atoms with E-state index in [1.807, 2.05) is 11.5 Å². The highest BCUT2D eigenvalue weighted by molar-refractivity contribution is 6.02. The number of halogens is 1. The largest absolute Gasteiger partial charge is 0.396 e. The van der Waals surface area contributed by atoms with Crippen molar-refractivity contribution >= 4 is 34.1 Å². The normalized spacial score (nSPS) is 19.2. The fourth-order valence-electron chi connectivity index (χ4n) is 4.76. The highest BCUT2D eigenvalue weighted by Gasteiger charge is 2.30. The van der Waals surface area contributed by atoms with Crippen LogP contribution in [0.2, 0.25) is 0 Å². The predicted molar refractivity (Wildman–Crippen MR) is 113 cm³/mol. The molecule has 30 heavy (non-hydrogen) atoms. The lowest BCUT2D eigenvalue weighted by atomic mass is 10.0. The summed E-state index contributed by atoms with van der Waals surface area (Å²) in [6.45, 7) is 4.73. The first-order valence-electron chi connectivity index (χ1n) is 10.2. The molecular formula is C21H26FN5O3. The topological polar surface area (TPSA) is 123 Å². The number of hydrogen-bond acceptors (Lipinski definition) is 5. The van der Waals surface area contributed by atoms with Crippen LogP contribution in [-0.2, 0) is 11.2 Å². The molecule has 1 saturated heterocycles. The number of nitrogen functional groups attached to an aromatic ring is 1. The van der Waals surface area contributed by atoms with Crippen LogP contribution >= 0.6 is 0 Å². The highest BCUT2D eigenvalue weighted by atomic mass is 19.1. The minimum atomic E-state index is -0.820.